The molecule has 0 radical (unpaired) electrons. The minimum Gasteiger partial charge on any atom is -0.326 e. The summed E-state index contributed by atoms with van der Waals surface area (Å²) in [5.74, 6) is -0.846. The molecule has 1 heterocycles. The number of nitrogens with one attached hydrogen (secondary N) is 2. The molecule has 2 aromatic rings. The van der Waals surface area contributed by atoms with Gasteiger partial charge >= 0.3 is 0 Å². The Hall–Kier alpha value is -3.00. The van der Waals surface area contributed by atoms with Crippen LogP contribution in [-0.4, -0.2) is 27.9 Å². The molecule has 28 heavy (non-hydrogen) atoms. The first-order valence-corrected chi connectivity index (χ1v) is 9.51. The molecule has 3 rings (SSSR count). The number of thioether (sulfide) groups is 1. The predicted molar refractivity (Wildman–Crippen MR) is 110 cm³/mol. The van der Waals surface area contributed by atoms with Crippen molar-refractivity contribution in [3.63, 3.8) is 0 Å². The molecule has 1 saturated heterocycles. The van der Waals surface area contributed by atoms with Crippen molar-refractivity contribution < 1.29 is 14.0 Å². The summed E-state index contributed by atoms with van der Waals surface area (Å²) in [7, 11) is 0. The maximum absolute atomic E-state index is 13.0. The maximum Gasteiger partial charge on any atom is 0.240 e. The molecule has 0 unspecified atom stereocenters. The van der Waals surface area contributed by atoms with Crippen LogP contribution in [0.4, 0.5) is 10.1 Å². The van der Waals surface area contributed by atoms with E-state index >= 15 is 0 Å². The Morgan fingerprint density at radius 3 is 2.64 bits per heavy atom. The second kappa shape index (κ2) is 8.79. The summed E-state index contributed by atoms with van der Waals surface area (Å²) in [5.41, 5.74) is 2.99. The van der Waals surface area contributed by atoms with Crippen LogP contribution < -0.4 is 10.6 Å². The van der Waals surface area contributed by atoms with Crippen LogP contribution in [-0.2, 0) is 9.59 Å². The van der Waals surface area contributed by atoms with Gasteiger partial charge < -0.3 is 10.6 Å². The molecule has 1 aliphatic rings. The number of amidine groups is 1. The number of nitrogens with zero attached hydrogens (tertiary/aromatic N) is 2. The van der Waals surface area contributed by atoms with Crippen LogP contribution in [0.25, 0.3) is 0 Å². The van der Waals surface area contributed by atoms with Crippen LogP contribution in [0, 0.1) is 12.7 Å². The molecule has 1 atom stereocenters. The van der Waals surface area contributed by atoms with Crippen molar-refractivity contribution >= 4 is 40.1 Å². The zero-order chi connectivity index (χ0) is 20.1. The lowest BCUT2D eigenvalue weighted by atomic mass is 10.1. The smallest absolute Gasteiger partial charge is 0.240 e. The molecule has 1 aliphatic heterocycles. The SMILES string of the molecule is C/C(=N/N=C1\NC(=O)[C@H](CC(=O)Nc2ccccc2C)S1)c1ccc(F)cc1. The van der Waals surface area contributed by atoms with Crippen LogP contribution in [0.5, 0.6) is 0 Å². The second-order valence-corrected chi connectivity index (χ2v) is 7.45. The van der Waals surface area contributed by atoms with Crippen molar-refractivity contribution in [2.45, 2.75) is 25.5 Å². The van der Waals surface area contributed by atoms with Gasteiger partial charge in [0.2, 0.25) is 11.8 Å². The van der Waals surface area contributed by atoms with Crippen LogP contribution >= 0.6 is 11.8 Å². The fraction of sp³-hybridized carbons (Fsp3) is 0.200. The number of aryl methyl sites for hydroxylation is 1. The lowest BCUT2D eigenvalue weighted by Crippen LogP contribution is -2.28. The minimum absolute atomic E-state index is 0.0323. The number of anilines is 1. The van der Waals surface area contributed by atoms with Gasteiger partial charge in [0, 0.05) is 12.1 Å². The van der Waals surface area contributed by atoms with Crippen molar-refractivity contribution in [2.24, 2.45) is 10.2 Å². The second-order valence-electron chi connectivity index (χ2n) is 6.26. The van der Waals surface area contributed by atoms with Crippen LogP contribution in [0.2, 0.25) is 0 Å². The van der Waals surface area contributed by atoms with Gasteiger partial charge in [0.1, 0.15) is 11.1 Å². The average molecular weight is 398 g/mol. The lowest BCUT2D eigenvalue weighted by Gasteiger charge is -2.09. The van der Waals surface area contributed by atoms with Gasteiger partial charge in [-0.1, -0.05) is 42.1 Å². The van der Waals surface area contributed by atoms with Gasteiger partial charge in [-0.2, -0.15) is 5.10 Å². The van der Waals surface area contributed by atoms with Gasteiger partial charge in [-0.15, -0.1) is 5.10 Å². The van der Waals surface area contributed by atoms with Crippen molar-refractivity contribution in [2.75, 3.05) is 5.32 Å². The number of hydrogen-bond acceptors (Lipinski definition) is 5. The first-order chi connectivity index (χ1) is 13.4. The first-order valence-electron chi connectivity index (χ1n) is 8.63. The van der Waals surface area contributed by atoms with E-state index in [0.29, 0.717) is 10.9 Å². The molecular weight excluding hydrogens is 379 g/mol. The summed E-state index contributed by atoms with van der Waals surface area (Å²) in [6.07, 6.45) is 0.0323. The van der Waals surface area contributed by atoms with Gasteiger partial charge in [-0.05, 0) is 43.2 Å². The molecule has 6 nitrogen and oxygen atoms in total. The molecule has 0 aliphatic carbocycles. The summed E-state index contributed by atoms with van der Waals surface area (Å²) < 4.78 is 13.0. The van der Waals surface area contributed by atoms with Gasteiger partial charge in [0.15, 0.2) is 5.17 Å². The predicted octanol–water partition coefficient (Wildman–Crippen LogP) is 3.47. The highest BCUT2D eigenvalue weighted by molar-refractivity contribution is 8.15. The largest absolute Gasteiger partial charge is 0.326 e. The Bertz CT molecular complexity index is 957. The Morgan fingerprint density at radius 2 is 1.93 bits per heavy atom. The Balaban J connectivity index is 1.60. The molecule has 8 heteroatoms. The highest BCUT2D eigenvalue weighted by Gasteiger charge is 2.32. The van der Waals surface area contributed by atoms with Crippen LogP contribution in [0.15, 0.2) is 58.7 Å². The summed E-state index contributed by atoms with van der Waals surface area (Å²) in [6.45, 7) is 3.64. The molecule has 1 fully saturated rings. The lowest BCUT2D eigenvalue weighted by molar-refractivity contribution is -0.122. The third kappa shape index (κ3) is 5.04. The van der Waals surface area contributed by atoms with Gasteiger partial charge in [-0.3, -0.25) is 9.59 Å². The zero-order valence-corrected chi connectivity index (χ0v) is 16.2. The fourth-order valence-corrected chi connectivity index (χ4v) is 3.46. The fourth-order valence-electron chi connectivity index (χ4n) is 2.54. The van der Waals surface area contributed by atoms with E-state index in [1.54, 1.807) is 19.1 Å². The number of carbonyl (C=O) groups excluding carboxylic acids is 2. The van der Waals surface area contributed by atoms with Crippen molar-refractivity contribution in [3.8, 4) is 0 Å². The monoisotopic (exact) mass is 398 g/mol. The Labute approximate surface area is 166 Å². The van der Waals surface area contributed by atoms with E-state index in [0.717, 1.165) is 28.6 Å². The molecule has 2 amide bonds. The summed E-state index contributed by atoms with van der Waals surface area (Å²) in [5, 5.41) is 13.3. The van der Waals surface area contributed by atoms with Gasteiger partial charge in [0.25, 0.3) is 0 Å². The zero-order valence-electron chi connectivity index (χ0n) is 15.4. The van der Waals surface area contributed by atoms with Crippen LogP contribution in [0.1, 0.15) is 24.5 Å². The third-order valence-corrected chi connectivity index (χ3v) is 5.19. The number of amides is 2. The number of benzene rings is 2. The molecule has 0 saturated carbocycles. The molecule has 2 aromatic carbocycles. The summed E-state index contributed by atoms with van der Waals surface area (Å²) in [6, 6.07) is 13.3. The quantitative estimate of drug-likeness (QED) is 0.598. The van der Waals surface area contributed by atoms with E-state index in [-0.39, 0.29) is 24.1 Å². The standard InChI is InChI=1S/C20H19FN4O2S/c1-12-5-3-4-6-16(12)22-18(26)11-17-19(27)23-20(28-17)25-24-13(2)14-7-9-15(21)10-8-14/h3-10,17H,11H2,1-2H3,(H,22,26)(H,23,25,27)/b24-13-/t17-/m0/s1. The maximum atomic E-state index is 13.0. The summed E-state index contributed by atoms with van der Waals surface area (Å²) in [4.78, 5) is 24.4. The normalized spacial score (nSPS) is 18.2. The molecule has 0 aromatic heterocycles. The Morgan fingerprint density at radius 1 is 1.21 bits per heavy atom. The van der Waals surface area contributed by atoms with E-state index in [9.17, 15) is 14.0 Å². The van der Waals surface area contributed by atoms with Crippen molar-refractivity contribution in [1.29, 1.82) is 0 Å². The molecular formula is C20H19FN4O2S. The number of carbonyl (C=O) groups is 2. The molecule has 144 valence electrons. The first kappa shape index (κ1) is 19.8. The topological polar surface area (TPSA) is 82.9 Å². The van der Waals surface area contributed by atoms with E-state index in [1.807, 2.05) is 31.2 Å². The molecule has 0 spiro atoms. The minimum atomic E-state index is -0.566. The molecule has 2 N–H and O–H groups in total. The number of hydrogen-bond donors (Lipinski definition) is 2. The van der Waals surface area contributed by atoms with Gasteiger partial charge in [-0.25, -0.2) is 4.39 Å². The van der Waals surface area contributed by atoms with Crippen molar-refractivity contribution in [1.82, 2.24) is 5.32 Å². The number of halogens is 1. The Kier molecular flexibility index (Phi) is 6.20. The van der Waals surface area contributed by atoms with Gasteiger partial charge in [0.05, 0.1) is 5.71 Å². The van der Waals surface area contributed by atoms with E-state index in [4.69, 9.17) is 0 Å². The van der Waals surface area contributed by atoms with Crippen molar-refractivity contribution in [3.05, 3.63) is 65.5 Å². The highest BCUT2D eigenvalue weighted by Crippen LogP contribution is 2.23. The third-order valence-electron chi connectivity index (χ3n) is 4.12. The molecule has 0 bridgehead atoms. The average Bonchev–Trinajstić information content (AvgIpc) is 3.01. The summed E-state index contributed by atoms with van der Waals surface area (Å²) >= 11 is 1.16. The highest BCUT2D eigenvalue weighted by atomic mass is 32.2. The van der Waals surface area contributed by atoms with Crippen LogP contribution in [0.3, 0.4) is 0 Å². The number of para-hydroxylation sites is 1. The van der Waals surface area contributed by atoms with E-state index in [2.05, 4.69) is 20.8 Å². The van der Waals surface area contributed by atoms with E-state index < -0.39 is 5.25 Å². The number of rotatable bonds is 5. The van der Waals surface area contributed by atoms with E-state index in [1.165, 1.54) is 12.1 Å².